The van der Waals surface area contributed by atoms with Crippen molar-refractivity contribution >= 4 is 39.1 Å². The third kappa shape index (κ3) is 4.53. The van der Waals surface area contributed by atoms with E-state index in [1.165, 1.54) is 18.2 Å². The average Bonchev–Trinajstić information content (AvgIpc) is 2.49. The number of hydrogen-bond acceptors (Lipinski definition) is 2. The first kappa shape index (κ1) is 16.9. The van der Waals surface area contributed by atoms with Crippen LogP contribution in [0.2, 0.25) is 5.02 Å². The Kier molecular flexibility index (Phi) is 5.94. The number of amides is 1. The summed E-state index contributed by atoms with van der Waals surface area (Å²) in [7, 11) is 0. The van der Waals surface area contributed by atoms with E-state index >= 15 is 0 Å². The minimum absolute atomic E-state index is 0.0122. The Hall–Kier alpha value is -1.43. The SMILES string of the molecule is C[C@H](NCC(=O)Nc1ccc(F)c(Cl)c1)c1ccccc1Br. The normalized spacial score (nSPS) is 12.0. The summed E-state index contributed by atoms with van der Waals surface area (Å²) >= 11 is 9.16. The minimum Gasteiger partial charge on any atom is -0.325 e. The van der Waals surface area contributed by atoms with Gasteiger partial charge in [0.25, 0.3) is 0 Å². The molecule has 0 heterocycles. The molecule has 1 amide bonds. The second-order valence-electron chi connectivity index (χ2n) is 4.80. The molecule has 0 aromatic heterocycles. The van der Waals surface area contributed by atoms with Crippen LogP contribution in [-0.2, 0) is 4.79 Å². The summed E-state index contributed by atoms with van der Waals surface area (Å²) in [5.74, 6) is -0.734. The maximum atomic E-state index is 13.1. The van der Waals surface area contributed by atoms with Crippen molar-refractivity contribution in [2.45, 2.75) is 13.0 Å². The third-order valence-corrected chi connectivity index (χ3v) is 4.16. The summed E-state index contributed by atoms with van der Waals surface area (Å²) < 4.78 is 14.0. The lowest BCUT2D eigenvalue weighted by atomic mass is 10.1. The highest BCUT2D eigenvalue weighted by Crippen LogP contribution is 2.22. The maximum absolute atomic E-state index is 13.1. The fourth-order valence-corrected chi connectivity index (χ4v) is 2.77. The van der Waals surface area contributed by atoms with E-state index < -0.39 is 5.82 Å². The molecule has 1 atom stereocenters. The number of rotatable bonds is 5. The second kappa shape index (κ2) is 7.72. The van der Waals surface area contributed by atoms with E-state index in [0.717, 1.165) is 10.0 Å². The molecule has 0 saturated carbocycles. The zero-order chi connectivity index (χ0) is 16.1. The van der Waals surface area contributed by atoms with Crippen LogP contribution in [0.25, 0.3) is 0 Å². The van der Waals surface area contributed by atoms with Gasteiger partial charge >= 0.3 is 0 Å². The van der Waals surface area contributed by atoms with Gasteiger partial charge in [-0.2, -0.15) is 0 Å². The van der Waals surface area contributed by atoms with E-state index in [1.807, 2.05) is 31.2 Å². The molecule has 6 heteroatoms. The Morgan fingerprint density at radius 1 is 1.32 bits per heavy atom. The van der Waals surface area contributed by atoms with Crippen molar-refractivity contribution in [2.75, 3.05) is 11.9 Å². The molecule has 2 aromatic carbocycles. The predicted molar refractivity (Wildman–Crippen MR) is 90.6 cm³/mol. The first-order valence-corrected chi connectivity index (χ1v) is 7.87. The van der Waals surface area contributed by atoms with Gasteiger partial charge in [0.1, 0.15) is 5.82 Å². The highest BCUT2D eigenvalue weighted by Gasteiger charge is 2.11. The van der Waals surface area contributed by atoms with Gasteiger partial charge < -0.3 is 10.6 Å². The number of carbonyl (C=O) groups is 1. The van der Waals surface area contributed by atoms with Gasteiger partial charge in [-0.25, -0.2) is 4.39 Å². The lowest BCUT2D eigenvalue weighted by Gasteiger charge is -2.15. The fraction of sp³-hybridized carbons (Fsp3) is 0.188. The first-order chi connectivity index (χ1) is 10.5. The summed E-state index contributed by atoms with van der Waals surface area (Å²) in [6.07, 6.45) is 0. The van der Waals surface area contributed by atoms with Gasteiger partial charge in [0.2, 0.25) is 5.91 Å². The van der Waals surface area contributed by atoms with Crippen LogP contribution in [0.4, 0.5) is 10.1 Å². The Morgan fingerprint density at radius 3 is 2.73 bits per heavy atom. The Labute approximate surface area is 142 Å². The lowest BCUT2D eigenvalue weighted by molar-refractivity contribution is -0.115. The Morgan fingerprint density at radius 2 is 2.05 bits per heavy atom. The van der Waals surface area contributed by atoms with Crippen molar-refractivity contribution in [3.8, 4) is 0 Å². The highest BCUT2D eigenvalue weighted by atomic mass is 79.9. The fourth-order valence-electron chi connectivity index (χ4n) is 1.96. The van der Waals surface area contributed by atoms with Crippen LogP contribution < -0.4 is 10.6 Å². The van der Waals surface area contributed by atoms with Crippen LogP contribution in [0.1, 0.15) is 18.5 Å². The van der Waals surface area contributed by atoms with Crippen molar-refractivity contribution in [1.82, 2.24) is 5.32 Å². The summed E-state index contributed by atoms with van der Waals surface area (Å²) in [5.41, 5.74) is 1.53. The van der Waals surface area contributed by atoms with Crippen LogP contribution in [0.3, 0.4) is 0 Å². The zero-order valence-electron chi connectivity index (χ0n) is 11.9. The maximum Gasteiger partial charge on any atom is 0.238 e. The molecule has 0 aliphatic rings. The average molecular weight is 386 g/mol. The molecule has 0 bridgehead atoms. The van der Waals surface area contributed by atoms with Crippen LogP contribution in [0, 0.1) is 5.82 Å². The number of nitrogens with one attached hydrogen (secondary N) is 2. The van der Waals surface area contributed by atoms with Crippen molar-refractivity contribution in [2.24, 2.45) is 0 Å². The van der Waals surface area contributed by atoms with Gasteiger partial charge in [0, 0.05) is 16.2 Å². The molecule has 0 fully saturated rings. The summed E-state index contributed by atoms with van der Waals surface area (Å²) in [6, 6.07) is 11.9. The molecule has 0 spiro atoms. The molecular weight excluding hydrogens is 371 g/mol. The summed E-state index contributed by atoms with van der Waals surface area (Å²) in [5, 5.41) is 5.78. The molecule has 0 aliphatic heterocycles. The van der Waals surface area contributed by atoms with Gasteiger partial charge in [0.15, 0.2) is 0 Å². The van der Waals surface area contributed by atoms with E-state index in [2.05, 4.69) is 26.6 Å². The topological polar surface area (TPSA) is 41.1 Å². The molecule has 2 aromatic rings. The molecule has 0 aliphatic carbocycles. The molecule has 0 saturated heterocycles. The molecule has 116 valence electrons. The number of benzene rings is 2. The summed E-state index contributed by atoms with van der Waals surface area (Å²) in [6.45, 7) is 2.11. The largest absolute Gasteiger partial charge is 0.325 e. The van der Waals surface area contributed by atoms with E-state index in [0.29, 0.717) is 5.69 Å². The van der Waals surface area contributed by atoms with Crippen LogP contribution in [-0.4, -0.2) is 12.5 Å². The van der Waals surface area contributed by atoms with Gasteiger partial charge in [-0.1, -0.05) is 45.7 Å². The van der Waals surface area contributed by atoms with E-state index in [1.54, 1.807) is 0 Å². The van der Waals surface area contributed by atoms with E-state index in [4.69, 9.17) is 11.6 Å². The zero-order valence-corrected chi connectivity index (χ0v) is 14.2. The van der Waals surface area contributed by atoms with Crippen LogP contribution in [0.5, 0.6) is 0 Å². The lowest BCUT2D eigenvalue weighted by Crippen LogP contribution is -2.30. The van der Waals surface area contributed by atoms with Crippen molar-refractivity contribution in [3.63, 3.8) is 0 Å². The second-order valence-corrected chi connectivity index (χ2v) is 6.06. The number of halogens is 3. The molecule has 0 unspecified atom stereocenters. The van der Waals surface area contributed by atoms with Gasteiger partial charge in [-0.05, 0) is 36.8 Å². The van der Waals surface area contributed by atoms with Crippen molar-refractivity contribution in [1.29, 1.82) is 0 Å². The number of anilines is 1. The molecule has 0 radical (unpaired) electrons. The predicted octanol–water partition coefficient (Wildman–Crippen LogP) is 4.53. The third-order valence-electron chi connectivity index (χ3n) is 3.14. The Balaban J connectivity index is 1.90. The summed E-state index contributed by atoms with van der Waals surface area (Å²) in [4.78, 5) is 11.9. The minimum atomic E-state index is -0.514. The number of carbonyl (C=O) groups excluding carboxylic acids is 1. The highest BCUT2D eigenvalue weighted by molar-refractivity contribution is 9.10. The van der Waals surface area contributed by atoms with Gasteiger partial charge in [-0.15, -0.1) is 0 Å². The monoisotopic (exact) mass is 384 g/mol. The first-order valence-electron chi connectivity index (χ1n) is 6.70. The van der Waals surface area contributed by atoms with E-state index in [-0.39, 0.29) is 23.5 Å². The van der Waals surface area contributed by atoms with Gasteiger partial charge in [0.05, 0.1) is 11.6 Å². The van der Waals surface area contributed by atoms with Crippen LogP contribution >= 0.6 is 27.5 Å². The standard InChI is InChI=1S/C16H15BrClFN2O/c1-10(12-4-2-3-5-13(12)17)20-9-16(22)21-11-6-7-15(19)14(18)8-11/h2-8,10,20H,9H2,1H3,(H,21,22)/t10-/m0/s1. The molecular formula is C16H15BrClFN2O. The molecule has 22 heavy (non-hydrogen) atoms. The van der Waals surface area contributed by atoms with E-state index in [9.17, 15) is 9.18 Å². The van der Waals surface area contributed by atoms with Crippen molar-refractivity contribution in [3.05, 3.63) is 63.3 Å². The molecule has 2 rings (SSSR count). The van der Waals surface area contributed by atoms with Crippen molar-refractivity contribution < 1.29 is 9.18 Å². The smallest absolute Gasteiger partial charge is 0.238 e. The molecule has 2 N–H and O–H groups in total. The Bertz CT molecular complexity index is 681. The number of hydrogen-bond donors (Lipinski definition) is 2. The van der Waals surface area contributed by atoms with Crippen LogP contribution in [0.15, 0.2) is 46.9 Å². The molecule has 3 nitrogen and oxygen atoms in total. The van der Waals surface area contributed by atoms with Gasteiger partial charge in [-0.3, -0.25) is 4.79 Å². The quantitative estimate of drug-likeness (QED) is 0.794.